The molecule has 0 saturated heterocycles. The third-order valence-electron chi connectivity index (χ3n) is 3.10. The first-order valence-corrected chi connectivity index (χ1v) is 6.93. The number of nitrogens with one attached hydrogen (secondary N) is 2. The molecule has 1 unspecified atom stereocenters. The molecule has 1 aromatic heterocycles. The summed E-state index contributed by atoms with van der Waals surface area (Å²) in [7, 11) is 0. The van der Waals surface area contributed by atoms with Gasteiger partial charge >= 0.3 is 6.03 Å². The maximum absolute atomic E-state index is 13.5. The number of carbonyl (C=O) groups is 1. The molecule has 1 aromatic carbocycles. The van der Waals surface area contributed by atoms with E-state index in [1.165, 1.54) is 12.1 Å². The van der Waals surface area contributed by atoms with E-state index < -0.39 is 18.0 Å². The maximum atomic E-state index is 13.5. The van der Waals surface area contributed by atoms with Crippen LogP contribution in [-0.2, 0) is 6.54 Å². The molecule has 1 heterocycles. The SMILES string of the molecule is Cc1cccc(CNC(=O)NCC(O)c2ccccc2F)n1. The minimum absolute atomic E-state index is 0.0754. The summed E-state index contributed by atoms with van der Waals surface area (Å²) in [5, 5.41) is 15.0. The molecule has 6 heteroatoms. The predicted octanol–water partition coefficient (Wildman–Crippen LogP) is 2.06. The Morgan fingerprint density at radius 1 is 1.23 bits per heavy atom. The molecule has 2 rings (SSSR count). The molecule has 2 aromatic rings. The van der Waals surface area contributed by atoms with Crippen molar-refractivity contribution in [2.45, 2.75) is 19.6 Å². The lowest BCUT2D eigenvalue weighted by atomic mass is 10.1. The number of hydrogen-bond donors (Lipinski definition) is 3. The van der Waals surface area contributed by atoms with Crippen molar-refractivity contribution in [3.63, 3.8) is 0 Å². The van der Waals surface area contributed by atoms with Crippen molar-refractivity contribution < 1.29 is 14.3 Å². The number of rotatable bonds is 5. The van der Waals surface area contributed by atoms with E-state index in [1.54, 1.807) is 12.1 Å². The summed E-state index contributed by atoms with van der Waals surface area (Å²) < 4.78 is 13.5. The fourth-order valence-electron chi connectivity index (χ4n) is 1.98. The van der Waals surface area contributed by atoms with Crippen molar-refractivity contribution in [2.75, 3.05) is 6.54 Å². The van der Waals surface area contributed by atoms with Gasteiger partial charge in [0.25, 0.3) is 0 Å². The molecular formula is C16H18FN3O2. The number of halogens is 1. The van der Waals surface area contributed by atoms with Gasteiger partial charge in [-0.15, -0.1) is 0 Å². The summed E-state index contributed by atoms with van der Waals surface area (Å²) >= 11 is 0. The first-order chi connectivity index (χ1) is 10.6. The van der Waals surface area contributed by atoms with Gasteiger partial charge in [0.2, 0.25) is 0 Å². The predicted molar refractivity (Wildman–Crippen MR) is 80.6 cm³/mol. The van der Waals surface area contributed by atoms with Crippen molar-refractivity contribution >= 4 is 6.03 Å². The van der Waals surface area contributed by atoms with Gasteiger partial charge < -0.3 is 15.7 Å². The van der Waals surface area contributed by atoms with Gasteiger partial charge in [0, 0.05) is 17.8 Å². The molecule has 0 aliphatic carbocycles. The van der Waals surface area contributed by atoms with Gasteiger partial charge in [-0.2, -0.15) is 0 Å². The lowest BCUT2D eigenvalue weighted by Gasteiger charge is -2.13. The second-order valence-electron chi connectivity index (χ2n) is 4.87. The molecule has 0 aliphatic rings. The van der Waals surface area contributed by atoms with Crippen LogP contribution < -0.4 is 10.6 Å². The third kappa shape index (κ3) is 4.53. The van der Waals surface area contributed by atoms with Gasteiger partial charge in [-0.25, -0.2) is 9.18 Å². The first kappa shape index (κ1) is 15.9. The molecule has 0 saturated carbocycles. The molecule has 0 spiro atoms. The molecule has 116 valence electrons. The zero-order valence-electron chi connectivity index (χ0n) is 12.2. The monoisotopic (exact) mass is 303 g/mol. The van der Waals surface area contributed by atoms with Crippen molar-refractivity contribution in [1.29, 1.82) is 0 Å². The van der Waals surface area contributed by atoms with Gasteiger partial charge in [0.05, 0.1) is 18.3 Å². The van der Waals surface area contributed by atoms with E-state index in [1.807, 2.05) is 25.1 Å². The second-order valence-corrected chi connectivity index (χ2v) is 4.87. The molecule has 5 nitrogen and oxygen atoms in total. The number of carbonyl (C=O) groups excluding carboxylic acids is 1. The summed E-state index contributed by atoms with van der Waals surface area (Å²) in [5.41, 5.74) is 1.77. The minimum atomic E-state index is -1.09. The number of aromatic nitrogens is 1. The van der Waals surface area contributed by atoms with Crippen LogP contribution in [0.5, 0.6) is 0 Å². The first-order valence-electron chi connectivity index (χ1n) is 6.93. The Morgan fingerprint density at radius 3 is 2.73 bits per heavy atom. The molecule has 0 bridgehead atoms. The molecular weight excluding hydrogens is 285 g/mol. The molecule has 3 N–H and O–H groups in total. The molecule has 0 aliphatic heterocycles. The summed E-state index contributed by atoms with van der Waals surface area (Å²) in [6.07, 6.45) is -1.09. The quantitative estimate of drug-likeness (QED) is 0.791. The van der Waals surface area contributed by atoms with E-state index in [4.69, 9.17) is 0 Å². The molecule has 0 radical (unpaired) electrons. The van der Waals surface area contributed by atoms with Crippen LogP contribution >= 0.6 is 0 Å². The van der Waals surface area contributed by atoms with Gasteiger partial charge in [0.1, 0.15) is 5.82 Å². The van der Waals surface area contributed by atoms with Crippen LogP contribution in [0.3, 0.4) is 0 Å². The Balaban J connectivity index is 1.79. The highest BCUT2D eigenvalue weighted by molar-refractivity contribution is 5.73. The maximum Gasteiger partial charge on any atom is 0.315 e. The molecule has 22 heavy (non-hydrogen) atoms. The Morgan fingerprint density at radius 2 is 2.00 bits per heavy atom. The van der Waals surface area contributed by atoms with Crippen molar-refractivity contribution in [3.05, 3.63) is 65.2 Å². The van der Waals surface area contributed by atoms with Crippen LogP contribution in [0.1, 0.15) is 23.1 Å². The topological polar surface area (TPSA) is 74.2 Å². The number of hydrogen-bond acceptors (Lipinski definition) is 3. The number of urea groups is 1. The second kappa shape index (κ2) is 7.51. The lowest BCUT2D eigenvalue weighted by molar-refractivity contribution is 0.169. The fourth-order valence-corrected chi connectivity index (χ4v) is 1.98. The van der Waals surface area contributed by atoms with E-state index >= 15 is 0 Å². The van der Waals surface area contributed by atoms with Gasteiger partial charge in [-0.1, -0.05) is 24.3 Å². The highest BCUT2D eigenvalue weighted by Gasteiger charge is 2.13. The Bertz CT molecular complexity index is 649. The summed E-state index contributed by atoms with van der Waals surface area (Å²) in [6, 6.07) is 11.0. The van der Waals surface area contributed by atoms with Crippen LogP contribution in [0.25, 0.3) is 0 Å². The number of nitrogens with zero attached hydrogens (tertiary/aromatic N) is 1. The minimum Gasteiger partial charge on any atom is -0.386 e. The van der Waals surface area contributed by atoms with E-state index in [0.29, 0.717) is 0 Å². The third-order valence-corrected chi connectivity index (χ3v) is 3.10. The van der Waals surface area contributed by atoms with Gasteiger partial charge in [-0.3, -0.25) is 4.98 Å². The zero-order chi connectivity index (χ0) is 15.9. The Labute approximate surface area is 128 Å². The van der Waals surface area contributed by atoms with E-state index in [9.17, 15) is 14.3 Å². The smallest absolute Gasteiger partial charge is 0.315 e. The fraction of sp³-hybridized carbons (Fsp3) is 0.250. The number of amides is 2. The Kier molecular flexibility index (Phi) is 5.43. The van der Waals surface area contributed by atoms with Gasteiger partial charge in [-0.05, 0) is 25.1 Å². The van der Waals surface area contributed by atoms with Crippen molar-refractivity contribution in [3.8, 4) is 0 Å². The molecule has 0 fully saturated rings. The number of aryl methyl sites for hydroxylation is 1. The Hall–Kier alpha value is -2.47. The van der Waals surface area contributed by atoms with Crippen LogP contribution in [0.15, 0.2) is 42.5 Å². The number of pyridine rings is 1. The number of aliphatic hydroxyl groups is 1. The van der Waals surface area contributed by atoms with E-state index in [2.05, 4.69) is 15.6 Å². The average molecular weight is 303 g/mol. The van der Waals surface area contributed by atoms with E-state index in [0.717, 1.165) is 11.4 Å². The average Bonchev–Trinajstić information content (AvgIpc) is 2.51. The largest absolute Gasteiger partial charge is 0.386 e. The lowest BCUT2D eigenvalue weighted by Crippen LogP contribution is -2.37. The van der Waals surface area contributed by atoms with Gasteiger partial charge in [0.15, 0.2) is 0 Å². The standard InChI is InChI=1S/C16H18FN3O2/c1-11-5-4-6-12(20-11)9-18-16(22)19-10-15(21)13-7-2-3-8-14(13)17/h2-8,15,21H,9-10H2,1H3,(H2,18,19,22). The normalized spacial score (nSPS) is 11.8. The summed E-state index contributed by atoms with van der Waals surface area (Å²) in [6.45, 7) is 2.08. The summed E-state index contributed by atoms with van der Waals surface area (Å²) in [4.78, 5) is 15.9. The van der Waals surface area contributed by atoms with Crippen LogP contribution in [0.4, 0.5) is 9.18 Å². The summed E-state index contributed by atoms with van der Waals surface area (Å²) in [5.74, 6) is -0.499. The van der Waals surface area contributed by atoms with Crippen LogP contribution in [-0.4, -0.2) is 22.7 Å². The van der Waals surface area contributed by atoms with Crippen molar-refractivity contribution in [2.24, 2.45) is 0 Å². The highest BCUT2D eigenvalue weighted by atomic mass is 19.1. The van der Waals surface area contributed by atoms with Crippen LogP contribution in [0, 0.1) is 12.7 Å². The molecule has 2 amide bonds. The van der Waals surface area contributed by atoms with E-state index in [-0.39, 0.29) is 18.7 Å². The molecule has 1 atom stereocenters. The van der Waals surface area contributed by atoms with Crippen molar-refractivity contribution in [1.82, 2.24) is 15.6 Å². The zero-order valence-corrected chi connectivity index (χ0v) is 12.2. The number of benzene rings is 1. The van der Waals surface area contributed by atoms with Crippen LogP contribution in [0.2, 0.25) is 0 Å². The number of aliphatic hydroxyl groups excluding tert-OH is 1. The highest BCUT2D eigenvalue weighted by Crippen LogP contribution is 2.15.